The normalized spacial score (nSPS) is 33.9. The van der Waals surface area contributed by atoms with Crippen LogP contribution in [0.3, 0.4) is 0 Å². The molecule has 2 bridgehead atoms. The number of hydrogen-bond donors (Lipinski definition) is 1. The number of halogens is 1. The topological polar surface area (TPSA) is 36.4 Å². The van der Waals surface area contributed by atoms with Crippen molar-refractivity contribution in [3.8, 4) is 11.8 Å². The van der Waals surface area contributed by atoms with Crippen LogP contribution in [0, 0.1) is 17.8 Å². The molecular formula is C14H15BrN2O. The van der Waals surface area contributed by atoms with Crippen LogP contribution < -0.4 is 0 Å². The molecule has 3 aliphatic heterocycles. The van der Waals surface area contributed by atoms with Gasteiger partial charge in [-0.3, -0.25) is 4.90 Å². The number of rotatable bonds is 0. The molecule has 1 unspecified atom stereocenters. The molecule has 3 aliphatic rings. The first-order valence-electron chi connectivity index (χ1n) is 6.25. The maximum absolute atomic E-state index is 10.6. The smallest absolute Gasteiger partial charge is 0.141 e. The molecule has 0 spiro atoms. The number of hydrogen-bond acceptors (Lipinski definition) is 3. The van der Waals surface area contributed by atoms with Crippen molar-refractivity contribution in [2.24, 2.45) is 5.92 Å². The highest BCUT2D eigenvalue weighted by Gasteiger charge is 2.44. The predicted molar refractivity (Wildman–Crippen MR) is 72.9 cm³/mol. The second-order valence-corrected chi connectivity index (χ2v) is 6.00. The fraction of sp³-hybridized carbons (Fsp3) is 0.500. The van der Waals surface area contributed by atoms with Crippen molar-refractivity contribution < 1.29 is 5.11 Å². The summed E-state index contributed by atoms with van der Waals surface area (Å²) in [6, 6.07) is 3.78. The van der Waals surface area contributed by atoms with Crippen LogP contribution in [0.1, 0.15) is 18.5 Å². The van der Waals surface area contributed by atoms with E-state index in [9.17, 15) is 5.11 Å². The molecule has 0 radical (unpaired) electrons. The number of piperidine rings is 3. The van der Waals surface area contributed by atoms with Crippen LogP contribution in [0.2, 0.25) is 0 Å². The van der Waals surface area contributed by atoms with Gasteiger partial charge in [0.05, 0.1) is 0 Å². The van der Waals surface area contributed by atoms with E-state index >= 15 is 0 Å². The van der Waals surface area contributed by atoms with E-state index in [4.69, 9.17) is 0 Å². The molecule has 4 heteroatoms. The van der Waals surface area contributed by atoms with Gasteiger partial charge in [0, 0.05) is 23.1 Å². The first kappa shape index (κ1) is 12.2. The van der Waals surface area contributed by atoms with E-state index < -0.39 is 5.60 Å². The summed E-state index contributed by atoms with van der Waals surface area (Å²) in [4.78, 5) is 6.51. The molecule has 1 aromatic heterocycles. The molecule has 4 heterocycles. The van der Waals surface area contributed by atoms with Gasteiger partial charge in [0.2, 0.25) is 0 Å². The summed E-state index contributed by atoms with van der Waals surface area (Å²) in [7, 11) is 0. The molecule has 3 saturated heterocycles. The Labute approximate surface area is 115 Å². The third-order valence-electron chi connectivity index (χ3n) is 3.86. The molecular weight excluding hydrogens is 292 g/mol. The van der Waals surface area contributed by atoms with E-state index in [1.54, 1.807) is 6.20 Å². The summed E-state index contributed by atoms with van der Waals surface area (Å²) in [5.74, 6) is 6.38. The Hall–Kier alpha value is -0.890. The van der Waals surface area contributed by atoms with Crippen molar-refractivity contribution in [3.05, 3.63) is 28.5 Å². The first-order chi connectivity index (χ1) is 8.66. The third kappa shape index (κ3) is 2.31. The second kappa shape index (κ2) is 4.65. The molecule has 18 heavy (non-hydrogen) atoms. The van der Waals surface area contributed by atoms with E-state index in [-0.39, 0.29) is 0 Å². The maximum Gasteiger partial charge on any atom is 0.141 e. The molecule has 94 valence electrons. The molecule has 1 aromatic rings. The Morgan fingerprint density at radius 2 is 2.17 bits per heavy atom. The molecule has 0 saturated carbocycles. The average molecular weight is 307 g/mol. The zero-order valence-electron chi connectivity index (χ0n) is 10.1. The third-order valence-corrected chi connectivity index (χ3v) is 4.33. The van der Waals surface area contributed by atoms with Crippen LogP contribution in [0.5, 0.6) is 0 Å². The zero-order chi connectivity index (χ0) is 12.6. The highest BCUT2D eigenvalue weighted by atomic mass is 79.9. The lowest BCUT2D eigenvalue weighted by atomic mass is 9.76. The van der Waals surface area contributed by atoms with E-state index in [1.165, 1.54) is 0 Å². The minimum atomic E-state index is -0.842. The van der Waals surface area contributed by atoms with Crippen molar-refractivity contribution in [2.75, 3.05) is 19.6 Å². The van der Waals surface area contributed by atoms with Crippen LogP contribution in [0.4, 0.5) is 0 Å². The van der Waals surface area contributed by atoms with Gasteiger partial charge in [-0.2, -0.15) is 0 Å². The summed E-state index contributed by atoms with van der Waals surface area (Å²) in [6.07, 6.45) is 3.84. The van der Waals surface area contributed by atoms with Crippen LogP contribution in [0.25, 0.3) is 0 Å². The van der Waals surface area contributed by atoms with Gasteiger partial charge in [0.1, 0.15) is 11.3 Å². The van der Waals surface area contributed by atoms with E-state index in [1.807, 2.05) is 12.1 Å². The molecule has 3 fully saturated rings. The molecule has 0 aromatic carbocycles. The highest BCUT2D eigenvalue weighted by molar-refractivity contribution is 9.10. The van der Waals surface area contributed by atoms with E-state index in [0.29, 0.717) is 18.2 Å². The number of fused-ring (bicyclic) bond motifs is 3. The molecule has 0 aliphatic carbocycles. The van der Waals surface area contributed by atoms with Gasteiger partial charge in [-0.05, 0) is 59.9 Å². The summed E-state index contributed by atoms with van der Waals surface area (Å²) in [5.41, 5.74) is -0.131. The maximum atomic E-state index is 10.6. The van der Waals surface area contributed by atoms with Crippen molar-refractivity contribution in [1.82, 2.24) is 9.88 Å². The van der Waals surface area contributed by atoms with Crippen molar-refractivity contribution in [2.45, 2.75) is 18.4 Å². The molecule has 3 nitrogen and oxygen atoms in total. The Bertz CT molecular complexity index is 497. The highest BCUT2D eigenvalue weighted by Crippen LogP contribution is 2.35. The Balaban J connectivity index is 1.82. The standard InChI is InChI=1S/C14H15BrN2O/c15-12-1-2-13(16-9-12)3-6-14(18)10-17-7-4-11(14)5-8-17/h1-2,9,11,18H,4-5,7-8,10H2. The van der Waals surface area contributed by atoms with Crippen LogP contribution >= 0.6 is 15.9 Å². The summed E-state index contributed by atoms with van der Waals surface area (Å²) < 4.78 is 0.939. The molecule has 4 rings (SSSR count). The predicted octanol–water partition coefficient (Wildman–Crippen LogP) is 1.65. The number of aliphatic hydroxyl groups is 1. The Morgan fingerprint density at radius 3 is 2.72 bits per heavy atom. The first-order valence-corrected chi connectivity index (χ1v) is 7.04. The van der Waals surface area contributed by atoms with Gasteiger partial charge >= 0.3 is 0 Å². The van der Waals surface area contributed by atoms with Crippen molar-refractivity contribution in [3.63, 3.8) is 0 Å². The second-order valence-electron chi connectivity index (χ2n) is 5.09. The minimum absolute atomic E-state index is 0.324. The van der Waals surface area contributed by atoms with Gasteiger partial charge in [-0.1, -0.05) is 5.92 Å². The van der Waals surface area contributed by atoms with Gasteiger partial charge in [-0.15, -0.1) is 0 Å². The van der Waals surface area contributed by atoms with Gasteiger partial charge in [0.25, 0.3) is 0 Å². The van der Waals surface area contributed by atoms with Crippen LogP contribution in [-0.4, -0.2) is 40.2 Å². The number of nitrogens with zero attached hydrogens (tertiary/aromatic N) is 2. The average Bonchev–Trinajstić information content (AvgIpc) is 2.39. The van der Waals surface area contributed by atoms with Crippen molar-refractivity contribution in [1.29, 1.82) is 0 Å². The fourth-order valence-corrected chi connectivity index (χ4v) is 3.04. The van der Waals surface area contributed by atoms with Gasteiger partial charge in [-0.25, -0.2) is 4.98 Å². The van der Waals surface area contributed by atoms with E-state index in [0.717, 1.165) is 30.4 Å². The SMILES string of the molecule is OC1(C#Cc2ccc(Br)cn2)CN2CCC1CC2. The lowest BCUT2D eigenvalue weighted by Crippen LogP contribution is -2.58. The monoisotopic (exact) mass is 306 g/mol. The van der Waals surface area contributed by atoms with Crippen LogP contribution in [-0.2, 0) is 0 Å². The number of pyridine rings is 1. The van der Waals surface area contributed by atoms with E-state index in [2.05, 4.69) is 37.7 Å². The lowest BCUT2D eigenvalue weighted by molar-refractivity contribution is -0.0713. The summed E-state index contributed by atoms with van der Waals surface area (Å²) >= 11 is 3.34. The zero-order valence-corrected chi connectivity index (χ0v) is 11.7. The van der Waals surface area contributed by atoms with Gasteiger partial charge in [0.15, 0.2) is 0 Å². The quantitative estimate of drug-likeness (QED) is 0.741. The Kier molecular flexibility index (Phi) is 3.14. The Morgan fingerprint density at radius 1 is 1.39 bits per heavy atom. The largest absolute Gasteiger partial charge is 0.376 e. The summed E-state index contributed by atoms with van der Waals surface area (Å²) in [6.45, 7) is 2.89. The fourth-order valence-electron chi connectivity index (χ4n) is 2.80. The number of aromatic nitrogens is 1. The van der Waals surface area contributed by atoms with Gasteiger partial charge < -0.3 is 5.11 Å². The lowest BCUT2D eigenvalue weighted by Gasteiger charge is -2.47. The van der Waals surface area contributed by atoms with Crippen molar-refractivity contribution >= 4 is 15.9 Å². The minimum Gasteiger partial charge on any atom is -0.376 e. The molecule has 1 atom stereocenters. The molecule has 1 N–H and O–H groups in total. The summed E-state index contributed by atoms with van der Waals surface area (Å²) in [5, 5.41) is 10.6. The van der Waals surface area contributed by atoms with Crippen LogP contribution in [0.15, 0.2) is 22.8 Å². The molecule has 0 amide bonds.